The minimum atomic E-state index is -3.71. The van der Waals surface area contributed by atoms with Crippen LogP contribution in [0, 0.1) is 0 Å². The molecule has 1 aliphatic heterocycles. The van der Waals surface area contributed by atoms with E-state index in [9.17, 15) is 13.2 Å². The minimum absolute atomic E-state index is 0.108. The van der Waals surface area contributed by atoms with E-state index in [1.807, 2.05) is 6.07 Å². The van der Waals surface area contributed by atoms with Crippen molar-refractivity contribution in [2.24, 2.45) is 5.73 Å². The number of likely N-dealkylation sites (N-methyl/N-ethyl adjacent to an activating group) is 1. The molecular formula is C20H25N3O3S. The summed E-state index contributed by atoms with van der Waals surface area (Å²) in [7, 11) is -1.62. The summed E-state index contributed by atoms with van der Waals surface area (Å²) in [6.07, 6.45) is 0.925. The Morgan fingerprint density at radius 1 is 1.04 bits per heavy atom. The molecule has 6 nitrogen and oxygen atoms in total. The van der Waals surface area contributed by atoms with Crippen molar-refractivity contribution >= 4 is 21.4 Å². The lowest BCUT2D eigenvalue weighted by Crippen LogP contribution is -2.29. The number of hydrogen-bond donors (Lipinski definition) is 1. The second kappa shape index (κ2) is 8.10. The van der Waals surface area contributed by atoms with Gasteiger partial charge in [0.15, 0.2) is 0 Å². The molecule has 0 radical (unpaired) electrons. The van der Waals surface area contributed by atoms with Crippen molar-refractivity contribution in [3.8, 4) is 0 Å². The summed E-state index contributed by atoms with van der Waals surface area (Å²) >= 11 is 0. The zero-order valence-corrected chi connectivity index (χ0v) is 16.3. The summed E-state index contributed by atoms with van der Waals surface area (Å²) in [5, 5.41) is 0. The van der Waals surface area contributed by atoms with Crippen LogP contribution in [0.25, 0.3) is 0 Å². The Morgan fingerprint density at radius 2 is 1.78 bits per heavy atom. The Balaban J connectivity index is 2.01. The number of hydrogen-bond acceptors (Lipinski definition) is 5. The third-order valence-corrected chi connectivity index (χ3v) is 6.71. The second-order valence-electron chi connectivity index (χ2n) is 6.90. The highest BCUT2D eigenvalue weighted by Crippen LogP contribution is 2.28. The average molecular weight is 388 g/mol. The smallest absolute Gasteiger partial charge is 0.221 e. The molecule has 2 aromatic carbocycles. The molecule has 7 heteroatoms. The average Bonchev–Trinajstić information content (AvgIpc) is 2.86. The van der Waals surface area contributed by atoms with Crippen molar-refractivity contribution in [2.75, 3.05) is 38.1 Å². The Labute approximate surface area is 160 Å². The van der Waals surface area contributed by atoms with Crippen LogP contribution in [-0.2, 0) is 21.1 Å². The number of amides is 1. The van der Waals surface area contributed by atoms with Crippen LogP contribution in [-0.4, -0.2) is 52.5 Å². The summed E-state index contributed by atoms with van der Waals surface area (Å²) in [6.45, 7) is 3.72. The molecule has 0 bridgehead atoms. The molecule has 0 atom stereocenters. The largest absolute Gasteiger partial charge is 0.370 e. The predicted molar refractivity (Wildman–Crippen MR) is 106 cm³/mol. The predicted octanol–water partition coefficient (Wildman–Crippen LogP) is 1.69. The number of carbonyl (C=O) groups excluding carboxylic acids is 1. The molecule has 0 unspecified atom stereocenters. The van der Waals surface area contributed by atoms with Gasteiger partial charge in [0.05, 0.1) is 16.2 Å². The quantitative estimate of drug-likeness (QED) is 0.844. The molecule has 0 aliphatic carbocycles. The number of rotatable bonds is 5. The zero-order chi connectivity index (χ0) is 19.4. The lowest BCUT2D eigenvalue weighted by Gasteiger charge is -2.24. The van der Waals surface area contributed by atoms with Crippen LogP contribution in [0.4, 0.5) is 5.69 Å². The van der Waals surface area contributed by atoms with E-state index in [2.05, 4.69) is 16.8 Å². The number of carbonyl (C=O) groups is 1. The van der Waals surface area contributed by atoms with Crippen LogP contribution >= 0.6 is 0 Å². The number of primary amides is 1. The Morgan fingerprint density at radius 3 is 2.48 bits per heavy atom. The van der Waals surface area contributed by atoms with Gasteiger partial charge in [0, 0.05) is 25.3 Å². The third kappa shape index (κ3) is 4.48. The molecule has 3 rings (SSSR count). The number of benzene rings is 2. The van der Waals surface area contributed by atoms with Gasteiger partial charge in [0.1, 0.15) is 0 Å². The first-order valence-electron chi connectivity index (χ1n) is 9.03. The van der Waals surface area contributed by atoms with Gasteiger partial charge in [0.25, 0.3) is 0 Å². The number of sulfone groups is 1. The van der Waals surface area contributed by atoms with Crippen LogP contribution in [0.15, 0.2) is 58.3 Å². The maximum Gasteiger partial charge on any atom is 0.221 e. The second-order valence-corrected chi connectivity index (χ2v) is 8.81. The van der Waals surface area contributed by atoms with Crippen molar-refractivity contribution in [1.29, 1.82) is 0 Å². The van der Waals surface area contributed by atoms with E-state index in [0.29, 0.717) is 5.56 Å². The maximum absolute atomic E-state index is 13.0. The molecule has 1 saturated heterocycles. The molecule has 0 aromatic heterocycles. The van der Waals surface area contributed by atoms with Crippen molar-refractivity contribution in [1.82, 2.24) is 4.90 Å². The van der Waals surface area contributed by atoms with Gasteiger partial charge in [-0.3, -0.25) is 4.79 Å². The Kier molecular flexibility index (Phi) is 5.82. The first-order chi connectivity index (χ1) is 12.9. The number of nitrogens with two attached hydrogens (primary N) is 1. The zero-order valence-electron chi connectivity index (χ0n) is 15.5. The highest BCUT2D eigenvalue weighted by Gasteiger charge is 2.23. The fourth-order valence-corrected chi connectivity index (χ4v) is 4.87. The van der Waals surface area contributed by atoms with Gasteiger partial charge in [-0.05, 0) is 55.9 Å². The summed E-state index contributed by atoms with van der Waals surface area (Å²) in [5.74, 6) is -0.549. The molecule has 0 saturated carbocycles. The highest BCUT2D eigenvalue weighted by molar-refractivity contribution is 7.91. The summed E-state index contributed by atoms with van der Waals surface area (Å²) in [4.78, 5) is 16.4. The van der Waals surface area contributed by atoms with Crippen molar-refractivity contribution < 1.29 is 13.2 Å². The molecule has 144 valence electrons. The van der Waals surface area contributed by atoms with Crippen LogP contribution in [0.5, 0.6) is 0 Å². The van der Waals surface area contributed by atoms with E-state index >= 15 is 0 Å². The van der Waals surface area contributed by atoms with Crippen LogP contribution in [0.3, 0.4) is 0 Å². The SMILES string of the molecule is CN1CCCN(c2ccc(S(=O)(=O)c3ccccc3)c(CC(N)=O)c2)CC1. The topological polar surface area (TPSA) is 83.7 Å². The van der Waals surface area contributed by atoms with E-state index in [4.69, 9.17) is 5.73 Å². The van der Waals surface area contributed by atoms with Crippen LogP contribution < -0.4 is 10.6 Å². The highest BCUT2D eigenvalue weighted by atomic mass is 32.2. The Bertz CT molecular complexity index is 913. The van der Waals surface area contributed by atoms with Crippen molar-refractivity contribution in [3.63, 3.8) is 0 Å². The molecule has 1 heterocycles. The normalized spacial score (nSPS) is 16.1. The van der Waals surface area contributed by atoms with E-state index in [1.165, 1.54) is 0 Å². The van der Waals surface area contributed by atoms with Gasteiger partial charge in [0.2, 0.25) is 15.7 Å². The fraction of sp³-hybridized carbons (Fsp3) is 0.350. The standard InChI is InChI=1S/C20H25N3O3S/c1-22-10-5-11-23(13-12-22)17-8-9-19(16(14-17)15-20(21)24)27(25,26)18-6-3-2-4-7-18/h2-4,6-9,14H,5,10-13,15H2,1H3,(H2,21,24). The summed E-state index contributed by atoms with van der Waals surface area (Å²) in [5.41, 5.74) is 6.76. The molecule has 1 fully saturated rings. The number of nitrogens with zero attached hydrogens (tertiary/aromatic N) is 2. The first kappa shape index (κ1) is 19.4. The van der Waals surface area contributed by atoms with E-state index < -0.39 is 15.7 Å². The van der Waals surface area contributed by atoms with Gasteiger partial charge >= 0.3 is 0 Å². The lowest BCUT2D eigenvalue weighted by atomic mass is 10.1. The summed E-state index contributed by atoms with van der Waals surface area (Å²) < 4.78 is 26.1. The minimum Gasteiger partial charge on any atom is -0.370 e. The Hall–Kier alpha value is -2.38. The van der Waals surface area contributed by atoms with Gasteiger partial charge in [-0.25, -0.2) is 8.42 Å². The van der Waals surface area contributed by atoms with E-state index in [1.54, 1.807) is 42.5 Å². The van der Waals surface area contributed by atoms with E-state index in [-0.39, 0.29) is 16.2 Å². The van der Waals surface area contributed by atoms with Gasteiger partial charge in [-0.1, -0.05) is 18.2 Å². The van der Waals surface area contributed by atoms with Crippen LogP contribution in [0.1, 0.15) is 12.0 Å². The monoisotopic (exact) mass is 387 g/mol. The first-order valence-corrected chi connectivity index (χ1v) is 10.5. The molecule has 2 aromatic rings. The molecular weight excluding hydrogens is 362 g/mol. The molecule has 1 aliphatic rings. The lowest BCUT2D eigenvalue weighted by molar-refractivity contribution is -0.117. The number of anilines is 1. The third-order valence-electron chi connectivity index (χ3n) is 4.84. The van der Waals surface area contributed by atoms with E-state index in [0.717, 1.165) is 38.3 Å². The summed E-state index contributed by atoms with van der Waals surface area (Å²) in [6, 6.07) is 13.5. The maximum atomic E-state index is 13.0. The van der Waals surface area contributed by atoms with Crippen LogP contribution in [0.2, 0.25) is 0 Å². The molecule has 2 N–H and O–H groups in total. The van der Waals surface area contributed by atoms with Crippen molar-refractivity contribution in [2.45, 2.75) is 22.6 Å². The van der Waals surface area contributed by atoms with Crippen molar-refractivity contribution in [3.05, 3.63) is 54.1 Å². The van der Waals surface area contributed by atoms with Gasteiger partial charge in [-0.2, -0.15) is 0 Å². The van der Waals surface area contributed by atoms with Gasteiger partial charge < -0.3 is 15.5 Å². The molecule has 27 heavy (non-hydrogen) atoms. The van der Waals surface area contributed by atoms with Gasteiger partial charge in [-0.15, -0.1) is 0 Å². The molecule has 1 amide bonds. The molecule has 0 spiro atoms. The fourth-order valence-electron chi connectivity index (χ4n) is 3.38.